The molecule has 2 aliphatic rings. The van der Waals surface area contributed by atoms with E-state index < -0.39 is 0 Å². The molecule has 2 aliphatic heterocycles. The quantitative estimate of drug-likeness (QED) is 0.826. The molecule has 2 rings (SSSR count). The first-order valence-corrected chi connectivity index (χ1v) is 7.66. The normalized spacial score (nSPS) is 34.0. The van der Waals surface area contributed by atoms with Crippen molar-refractivity contribution in [2.24, 2.45) is 0 Å². The van der Waals surface area contributed by atoms with Crippen LogP contribution in [-0.2, 0) is 0 Å². The van der Waals surface area contributed by atoms with Crippen LogP contribution in [0.3, 0.4) is 0 Å². The molecule has 0 saturated carbocycles. The van der Waals surface area contributed by atoms with Crippen molar-refractivity contribution in [1.29, 1.82) is 0 Å². The standard InChI is InChI=1S/C15H31N3/c1-5-7-15(8-6-9-16-15)13-18-11-10-17(4)14(2,3)12-18/h16H,5-13H2,1-4H3. The molecule has 0 bridgehead atoms. The number of nitrogens with zero attached hydrogens (tertiary/aromatic N) is 2. The third-order valence-electron chi connectivity index (χ3n) is 4.98. The smallest absolute Gasteiger partial charge is 0.0309 e. The highest BCUT2D eigenvalue weighted by atomic mass is 15.3. The van der Waals surface area contributed by atoms with Crippen molar-refractivity contribution in [1.82, 2.24) is 15.1 Å². The van der Waals surface area contributed by atoms with Crippen LogP contribution in [0.1, 0.15) is 46.5 Å². The molecule has 0 aromatic carbocycles. The van der Waals surface area contributed by atoms with Gasteiger partial charge >= 0.3 is 0 Å². The summed E-state index contributed by atoms with van der Waals surface area (Å²) in [6.45, 7) is 13.2. The minimum Gasteiger partial charge on any atom is -0.310 e. The maximum absolute atomic E-state index is 3.80. The Morgan fingerprint density at radius 2 is 2.00 bits per heavy atom. The first-order chi connectivity index (χ1) is 8.47. The van der Waals surface area contributed by atoms with Gasteiger partial charge in [-0.15, -0.1) is 0 Å². The van der Waals surface area contributed by atoms with Crippen molar-refractivity contribution in [2.45, 2.75) is 57.5 Å². The molecular formula is C15H31N3. The number of hydrogen-bond donors (Lipinski definition) is 1. The average molecular weight is 253 g/mol. The van der Waals surface area contributed by atoms with Gasteiger partial charge in [-0.25, -0.2) is 0 Å². The Morgan fingerprint density at radius 3 is 2.56 bits per heavy atom. The zero-order chi connectivity index (χ0) is 13.2. The molecule has 1 unspecified atom stereocenters. The van der Waals surface area contributed by atoms with Gasteiger partial charge in [0.15, 0.2) is 0 Å². The van der Waals surface area contributed by atoms with Crippen molar-refractivity contribution in [2.75, 3.05) is 39.8 Å². The number of rotatable bonds is 4. The lowest BCUT2D eigenvalue weighted by molar-refractivity contribution is 0.0250. The summed E-state index contributed by atoms with van der Waals surface area (Å²) in [5.41, 5.74) is 0.741. The molecule has 3 nitrogen and oxygen atoms in total. The summed E-state index contributed by atoms with van der Waals surface area (Å²) in [7, 11) is 2.26. The van der Waals surface area contributed by atoms with Crippen LogP contribution in [0.2, 0.25) is 0 Å². The van der Waals surface area contributed by atoms with Gasteiger partial charge in [0.1, 0.15) is 0 Å². The van der Waals surface area contributed by atoms with Crippen LogP contribution in [0.4, 0.5) is 0 Å². The van der Waals surface area contributed by atoms with Crippen LogP contribution in [-0.4, -0.2) is 60.6 Å². The summed E-state index contributed by atoms with van der Waals surface area (Å²) >= 11 is 0. The lowest BCUT2D eigenvalue weighted by Gasteiger charge is -2.48. The second-order valence-electron chi connectivity index (χ2n) is 7.01. The van der Waals surface area contributed by atoms with Gasteiger partial charge in [0.2, 0.25) is 0 Å². The molecular weight excluding hydrogens is 222 g/mol. The highest BCUT2D eigenvalue weighted by Crippen LogP contribution is 2.28. The van der Waals surface area contributed by atoms with E-state index in [9.17, 15) is 0 Å². The summed E-state index contributed by atoms with van der Waals surface area (Å²) in [5, 5.41) is 3.80. The number of nitrogens with one attached hydrogen (secondary N) is 1. The molecule has 106 valence electrons. The van der Waals surface area contributed by atoms with E-state index in [1.165, 1.54) is 58.4 Å². The SMILES string of the molecule is CCCC1(CN2CCN(C)C(C)(C)C2)CCCN1. The molecule has 0 aromatic rings. The van der Waals surface area contributed by atoms with Gasteiger partial charge in [0.25, 0.3) is 0 Å². The van der Waals surface area contributed by atoms with E-state index in [1.807, 2.05) is 0 Å². The molecule has 18 heavy (non-hydrogen) atoms. The topological polar surface area (TPSA) is 18.5 Å². The van der Waals surface area contributed by atoms with E-state index in [4.69, 9.17) is 0 Å². The number of hydrogen-bond acceptors (Lipinski definition) is 3. The highest BCUT2D eigenvalue weighted by Gasteiger charge is 2.38. The molecule has 2 fully saturated rings. The fraction of sp³-hybridized carbons (Fsp3) is 1.00. The summed E-state index contributed by atoms with van der Waals surface area (Å²) in [6.07, 6.45) is 5.36. The summed E-state index contributed by atoms with van der Waals surface area (Å²) in [4.78, 5) is 5.19. The van der Waals surface area contributed by atoms with E-state index in [0.717, 1.165) is 0 Å². The van der Waals surface area contributed by atoms with Gasteiger partial charge in [-0.1, -0.05) is 13.3 Å². The average Bonchev–Trinajstić information content (AvgIpc) is 2.72. The minimum atomic E-state index is 0.324. The second-order valence-corrected chi connectivity index (χ2v) is 7.01. The van der Waals surface area contributed by atoms with Gasteiger partial charge in [0, 0.05) is 37.3 Å². The van der Waals surface area contributed by atoms with Crippen LogP contribution in [0.5, 0.6) is 0 Å². The highest BCUT2D eigenvalue weighted by molar-refractivity contribution is 4.98. The molecule has 2 heterocycles. The first kappa shape index (κ1) is 14.3. The predicted octanol–water partition coefficient (Wildman–Crippen LogP) is 1.93. The van der Waals surface area contributed by atoms with Gasteiger partial charge in [-0.3, -0.25) is 9.80 Å². The number of likely N-dealkylation sites (N-methyl/N-ethyl adjacent to an activating group) is 1. The maximum atomic E-state index is 3.80. The molecule has 3 heteroatoms. The Kier molecular flexibility index (Phi) is 4.35. The predicted molar refractivity (Wildman–Crippen MR) is 78.0 cm³/mol. The van der Waals surface area contributed by atoms with Gasteiger partial charge < -0.3 is 5.32 Å². The Morgan fingerprint density at radius 1 is 1.22 bits per heavy atom. The summed E-state index contributed by atoms with van der Waals surface area (Å²) in [5.74, 6) is 0. The second kappa shape index (κ2) is 5.48. The molecule has 1 N–H and O–H groups in total. The summed E-state index contributed by atoms with van der Waals surface area (Å²) in [6, 6.07) is 0. The lowest BCUT2D eigenvalue weighted by Crippen LogP contribution is -2.61. The van der Waals surface area contributed by atoms with E-state index >= 15 is 0 Å². The van der Waals surface area contributed by atoms with Gasteiger partial charge in [-0.2, -0.15) is 0 Å². The van der Waals surface area contributed by atoms with Crippen molar-refractivity contribution < 1.29 is 0 Å². The van der Waals surface area contributed by atoms with Crippen LogP contribution in [0, 0.1) is 0 Å². The molecule has 2 saturated heterocycles. The monoisotopic (exact) mass is 253 g/mol. The van der Waals surface area contributed by atoms with E-state index in [1.54, 1.807) is 0 Å². The Bertz CT molecular complexity index is 269. The minimum absolute atomic E-state index is 0.324. The first-order valence-electron chi connectivity index (χ1n) is 7.66. The van der Waals surface area contributed by atoms with Gasteiger partial charge in [0.05, 0.1) is 0 Å². The Labute approximate surface area is 113 Å². The maximum Gasteiger partial charge on any atom is 0.0309 e. The van der Waals surface area contributed by atoms with Crippen molar-refractivity contribution in [3.05, 3.63) is 0 Å². The zero-order valence-corrected chi connectivity index (χ0v) is 12.8. The van der Waals surface area contributed by atoms with E-state index in [2.05, 4.69) is 42.9 Å². The fourth-order valence-electron chi connectivity index (χ4n) is 3.68. The van der Waals surface area contributed by atoms with Gasteiger partial charge in [-0.05, 0) is 46.7 Å². The summed E-state index contributed by atoms with van der Waals surface area (Å²) < 4.78 is 0. The lowest BCUT2D eigenvalue weighted by atomic mass is 9.89. The molecule has 0 aliphatic carbocycles. The third kappa shape index (κ3) is 3.06. The largest absolute Gasteiger partial charge is 0.310 e. The Hall–Kier alpha value is -0.120. The van der Waals surface area contributed by atoms with Crippen molar-refractivity contribution in [3.8, 4) is 0 Å². The molecule has 1 atom stereocenters. The van der Waals surface area contributed by atoms with Crippen LogP contribution in [0.25, 0.3) is 0 Å². The van der Waals surface area contributed by atoms with Crippen LogP contribution in [0.15, 0.2) is 0 Å². The van der Waals surface area contributed by atoms with E-state index in [0.29, 0.717) is 11.1 Å². The molecule has 0 radical (unpaired) electrons. The van der Waals surface area contributed by atoms with E-state index in [-0.39, 0.29) is 0 Å². The molecule has 0 amide bonds. The molecule has 0 spiro atoms. The van der Waals surface area contributed by atoms with Crippen molar-refractivity contribution >= 4 is 0 Å². The zero-order valence-electron chi connectivity index (χ0n) is 12.8. The number of piperazine rings is 1. The van der Waals surface area contributed by atoms with Crippen LogP contribution >= 0.6 is 0 Å². The fourth-order valence-corrected chi connectivity index (χ4v) is 3.68. The molecule has 0 aromatic heterocycles. The Balaban J connectivity index is 1.96. The van der Waals surface area contributed by atoms with Crippen molar-refractivity contribution in [3.63, 3.8) is 0 Å². The third-order valence-corrected chi connectivity index (χ3v) is 4.98. The van der Waals surface area contributed by atoms with Crippen LogP contribution < -0.4 is 5.32 Å².